The Morgan fingerprint density at radius 1 is 1.27 bits per heavy atom. The molecule has 1 heterocycles. The number of nitrogens with zero attached hydrogens (tertiary/aromatic N) is 1. The van der Waals surface area contributed by atoms with Crippen molar-refractivity contribution in [2.45, 2.75) is 33.1 Å². The highest BCUT2D eigenvalue weighted by atomic mass is 32.1. The number of primary amides is 1. The summed E-state index contributed by atoms with van der Waals surface area (Å²) in [5.41, 5.74) is 7.78. The van der Waals surface area contributed by atoms with Gasteiger partial charge in [-0.2, -0.15) is 0 Å². The molecular weight excluding hydrogens is 298 g/mol. The number of thiazole rings is 1. The summed E-state index contributed by atoms with van der Waals surface area (Å²) < 4.78 is 0. The highest BCUT2D eigenvalue weighted by Crippen LogP contribution is 2.28. The Morgan fingerprint density at radius 3 is 2.55 bits per heavy atom. The maximum absolute atomic E-state index is 11.6. The maximum atomic E-state index is 11.6. The number of aryl methyl sites for hydroxylation is 1. The Balaban J connectivity index is 2.15. The molecule has 0 radical (unpaired) electrons. The number of nitrogens with two attached hydrogens (primary N) is 1. The average Bonchev–Trinajstić information content (AvgIpc) is 2.79. The van der Waals surface area contributed by atoms with Crippen LogP contribution in [0, 0.1) is 6.92 Å². The minimum Gasteiger partial charge on any atom is -0.369 e. The minimum absolute atomic E-state index is 0.0174. The molecule has 0 saturated carbocycles. The van der Waals surface area contributed by atoms with Crippen LogP contribution < -0.4 is 11.1 Å². The molecule has 0 atom stereocenters. The topological polar surface area (TPSA) is 85.1 Å². The first-order valence-electron chi connectivity index (χ1n) is 7.14. The molecule has 2 aromatic rings. The summed E-state index contributed by atoms with van der Waals surface area (Å²) in [4.78, 5) is 28.0. The summed E-state index contributed by atoms with van der Waals surface area (Å²) in [6, 6.07) is 7.54. The zero-order chi connectivity index (χ0) is 16.1. The van der Waals surface area contributed by atoms with Crippen molar-refractivity contribution in [2.75, 3.05) is 5.32 Å². The third-order valence-corrected chi connectivity index (χ3v) is 4.06. The first kappa shape index (κ1) is 16.2. The van der Waals surface area contributed by atoms with Crippen LogP contribution in [0.15, 0.2) is 24.3 Å². The molecule has 116 valence electrons. The van der Waals surface area contributed by atoms with Crippen molar-refractivity contribution in [3.05, 3.63) is 34.2 Å². The fourth-order valence-corrected chi connectivity index (χ4v) is 3.07. The maximum Gasteiger partial charge on any atom is 0.224 e. The second kappa shape index (κ2) is 7.17. The zero-order valence-corrected chi connectivity index (χ0v) is 13.5. The van der Waals surface area contributed by atoms with Gasteiger partial charge >= 0.3 is 0 Å². The van der Waals surface area contributed by atoms with Crippen molar-refractivity contribution in [3.63, 3.8) is 0 Å². The summed E-state index contributed by atoms with van der Waals surface area (Å²) >= 11 is 1.48. The predicted octanol–water partition coefficient (Wildman–Crippen LogP) is 2.88. The van der Waals surface area contributed by atoms with Gasteiger partial charge in [-0.05, 0) is 25.5 Å². The monoisotopic (exact) mass is 317 g/mol. The number of aromatic nitrogens is 1. The molecule has 0 aliphatic carbocycles. The Kier molecular flexibility index (Phi) is 5.27. The van der Waals surface area contributed by atoms with E-state index >= 15 is 0 Å². The van der Waals surface area contributed by atoms with Crippen LogP contribution >= 0.6 is 11.3 Å². The van der Waals surface area contributed by atoms with E-state index < -0.39 is 0 Å². The van der Waals surface area contributed by atoms with Crippen molar-refractivity contribution in [3.8, 4) is 11.3 Å². The largest absolute Gasteiger partial charge is 0.369 e. The number of nitrogens with one attached hydrogen (secondary N) is 1. The van der Waals surface area contributed by atoms with E-state index in [2.05, 4.69) is 10.3 Å². The van der Waals surface area contributed by atoms with E-state index in [0.29, 0.717) is 6.42 Å². The lowest BCUT2D eigenvalue weighted by molar-refractivity contribution is -0.117. The van der Waals surface area contributed by atoms with Gasteiger partial charge in [0.1, 0.15) is 5.01 Å². The van der Waals surface area contributed by atoms with E-state index in [1.165, 1.54) is 11.3 Å². The SMILES string of the molecule is CCCC(=O)Nc1ccc(-c2nc(CC(N)=O)sc2C)cc1. The van der Waals surface area contributed by atoms with Gasteiger partial charge in [-0.1, -0.05) is 19.1 Å². The smallest absolute Gasteiger partial charge is 0.224 e. The van der Waals surface area contributed by atoms with Crippen LogP contribution in [-0.4, -0.2) is 16.8 Å². The van der Waals surface area contributed by atoms with E-state index in [4.69, 9.17) is 5.73 Å². The standard InChI is InChI=1S/C16H19N3O2S/c1-3-4-14(21)18-12-7-5-11(6-8-12)16-10(2)22-15(19-16)9-13(17)20/h5-8H,3-4,9H2,1-2H3,(H2,17,20)(H,18,21). The minimum atomic E-state index is -0.380. The molecule has 22 heavy (non-hydrogen) atoms. The van der Waals surface area contributed by atoms with Crippen molar-refractivity contribution in [1.82, 2.24) is 4.98 Å². The van der Waals surface area contributed by atoms with E-state index in [1.54, 1.807) is 0 Å². The van der Waals surface area contributed by atoms with Crippen LogP contribution in [0.5, 0.6) is 0 Å². The van der Waals surface area contributed by atoms with Crippen molar-refractivity contribution in [1.29, 1.82) is 0 Å². The van der Waals surface area contributed by atoms with Gasteiger partial charge in [-0.15, -0.1) is 11.3 Å². The van der Waals surface area contributed by atoms with Crippen LogP contribution in [0.25, 0.3) is 11.3 Å². The Hall–Kier alpha value is -2.21. The molecule has 0 saturated heterocycles. The zero-order valence-electron chi connectivity index (χ0n) is 12.7. The van der Waals surface area contributed by atoms with Crippen LogP contribution in [0.1, 0.15) is 29.7 Å². The van der Waals surface area contributed by atoms with E-state index in [0.717, 1.165) is 33.3 Å². The number of rotatable bonds is 6. The highest BCUT2D eigenvalue weighted by molar-refractivity contribution is 7.12. The van der Waals surface area contributed by atoms with Crippen LogP contribution in [0.3, 0.4) is 0 Å². The second-order valence-corrected chi connectivity index (χ2v) is 6.32. The van der Waals surface area contributed by atoms with Crippen LogP contribution in [0.2, 0.25) is 0 Å². The third-order valence-electron chi connectivity index (χ3n) is 3.09. The Labute approximate surface area is 133 Å². The molecule has 1 aromatic carbocycles. The van der Waals surface area contributed by atoms with Crippen molar-refractivity contribution < 1.29 is 9.59 Å². The van der Waals surface area contributed by atoms with Gasteiger partial charge in [-0.3, -0.25) is 9.59 Å². The van der Waals surface area contributed by atoms with Gasteiger partial charge in [0.25, 0.3) is 0 Å². The van der Waals surface area contributed by atoms with Gasteiger partial charge < -0.3 is 11.1 Å². The van der Waals surface area contributed by atoms with E-state index in [9.17, 15) is 9.59 Å². The van der Waals surface area contributed by atoms with Crippen molar-refractivity contribution in [2.24, 2.45) is 5.73 Å². The molecule has 1 aromatic heterocycles. The number of hydrogen-bond acceptors (Lipinski definition) is 4. The molecule has 2 rings (SSSR count). The Morgan fingerprint density at radius 2 is 1.95 bits per heavy atom. The first-order valence-corrected chi connectivity index (χ1v) is 7.96. The quantitative estimate of drug-likeness (QED) is 0.859. The number of benzene rings is 1. The molecular formula is C16H19N3O2S. The molecule has 6 heteroatoms. The fraction of sp³-hybridized carbons (Fsp3) is 0.312. The van der Waals surface area contributed by atoms with Crippen molar-refractivity contribution >= 4 is 28.8 Å². The van der Waals surface area contributed by atoms with Gasteiger partial charge in [0, 0.05) is 22.5 Å². The lowest BCUT2D eigenvalue weighted by Crippen LogP contribution is -2.13. The molecule has 3 N–H and O–H groups in total. The molecule has 0 aliphatic heterocycles. The molecule has 0 bridgehead atoms. The molecule has 0 fully saturated rings. The number of hydrogen-bond donors (Lipinski definition) is 2. The first-order chi connectivity index (χ1) is 10.5. The van der Waals surface area contributed by atoms with Gasteiger partial charge in [0.2, 0.25) is 11.8 Å². The van der Waals surface area contributed by atoms with E-state index in [1.807, 2.05) is 38.1 Å². The number of anilines is 1. The third kappa shape index (κ3) is 4.14. The van der Waals surface area contributed by atoms with Gasteiger partial charge in [-0.25, -0.2) is 4.98 Å². The lowest BCUT2D eigenvalue weighted by atomic mass is 10.1. The molecule has 5 nitrogen and oxygen atoms in total. The fourth-order valence-electron chi connectivity index (χ4n) is 2.11. The Bertz CT molecular complexity index is 677. The summed E-state index contributed by atoms with van der Waals surface area (Å²) in [7, 11) is 0. The normalized spacial score (nSPS) is 10.5. The summed E-state index contributed by atoms with van der Waals surface area (Å²) in [5.74, 6) is -0.363. The summed E-state index contributed by atoms with van der Waals surface area (Å²) in [5, 5.41) is 3.57. The number of carbonyl (C=O) groups excluding carboxylic acids is 2. The summed E-state index contributed by atoms with van der Waals surface area (Å²) in [6.07, 6.45) is 1.50. The van der Waals surface area contributed by atoms with Crippen LogP contribution in [0.4, 0.5) is 5.69 Å². The average molecular weight is 317 g/mol. The highest BCUT2D eigenvalue weighted by Gasteiger charge is 2.11. The predicted molar refractivity (Wildman–Crippen MR) is 88.7 cm³/mol. The van der Waals surface area contributed by atoms with Gasteiger partial charge in [0.05, 0.1) is 12.1 Å². The number of amides is 2. The number of carbonyl (C=O) groups is 2. The second-order valence-electron chi connectivity index (χ2n) is 5.03. The molecule has 0 unspecified atom stereocenters. The lowest BCUT2D eigenvalue weighted by Gasteiger charge is -2.05. The molecule has 2 amide bonds. The summed E-state index contributed by atoms with van der Waals surface area (Å²) in [6.45, 7) is 3.94. The van der Waals surface area contributed by atoms with Gasteiger partial charge in [0.15, 0.2) is 0 Å². The molecule has 0 aliphatic rings. The van der Waals surface area contributed by atoms with E-state index in [-0.39, 0.29) is 18.2 Å². The van der Waals surface area contributed by atoms with Crippen LogP contribution in [-0.2, 0) is 16.0 Å². The molecule has 0 spiro atoms.